The summed E-state index contributed by atoms with van der Waals surface area (Å²) in [7, 11) is 0. The topological polar surface area (TPSA) is 52.6 Å². The van der Waals surface area contributed by atoms with Crippen LogP contribution in [0.1, 0.15) is 39.0 Å². The van der Waals surface area contributed by atoms with Gasteiger partial charge in [-0.1, -0.05) is 26.2 Å². The van der Waals surface area contributed by atoms with E-state index >= 15 is 0 Å². The molecule has 0 aromatic heterocycles. The van der Waals surface area contributed by atoms with Crippen LogP contribution >= 0.6 is 0 Å². The number of carbonyl (C=O) groups is 2. The van der Waals surface area contributed by atoms with Crippen molar-refractivity contribution in [2.24, 2.45) is 0 Å². The molecule has 0 N–H and O–H groups in total. The Morgan fingerprint density at radius 3 is 1.53 bits per heavy atom. The van der Waals surface area contributed by atoms with E-state index in [9.17, 15) is 66.7 Å². The normalized spacial score (nSPS) is 14.3. The van der Waals surface area contributed by atoms with Crippen molar-refractivity contribution < 1.29 is 76.1 Å². The number of esters is 2. The van der Waals surface area contributed by atoms with Crippen molar-refractivity contribution >= 4 is 11.9 Å². The van der Waals surface area contributed by atoms with Gasteiger partial charge in [-0.25, -0.2) is 0 Å². The Labute approximate surface area is 171 Å². The summed E-state index contributed by atoms with van der Waals surface area (Å²) in [4.78, 5) is 22.3. The molecule has 0 atom stereocenters. The molecule has 4 nitrogen and oxygen atoms in total. The van der Waals surface area contributed by atoms with Crippen LogP contribution in [-0.4, -0.2) is 54.5 Å². The summed E-state index contributed by atoms with van der Waals surface area (Å²) in [5, 5.41) is 0. The highest BCUT2D eigenvalue weighted by Gasteiger charge is 2.91. The largest absolute Gasteiger partial charge is 0.473 e. The van der Waals surface area contributed by atoms with E-state index in [1.165, 1.54) is 0 Å². The number of ether oxygens (including phenoxy) is 2. The predicted molar refractivity (Wildman–Crippen MR) is 76.6 cm³/mol. The van der Waals surface area contributed by atoms with Crippen molar-refractivity contribution in [2.45, 2.75) is 75.0 Å². The smallest absolute Gasteiger partial charge is 0.465 e. The second kappa shape index (κ2) is 9.89. The van der Waals surface area contributed by atoms with Gasteiger partial charge in [-0.3, -0.25) is 9.59 Å². The van der Waals surface area contributed by atoms with Gasteiger partial charge in [0.05, 0.1) is 6.61 Å². The lowest BCUT2D eigenvalue weighted by Gasteiger charge is -2.38. The predicted octanol–water partition coefficient (Wildman–Crippen LogP) is 5.74. The maximum atomic E-state index is 13.3. The number of alkyl halides is 13. The summed E-state index contributed by atoms with van der Waals surface area (Å²) in [5.41, 5.74) is 0. The number of unbranched alkanes of at least 4 members (excludes halogenated alkanes) is 3. The zero-order valence-corrected chi connectivity index (χ0v) is 15.8. The molecule has 0 bridgehead atoms. The van der Waals surface area contributed by atoms with Gasteiger partial charge in [0.2, 0.25) is 0 Å². The van der Waals surface area contributed by atoms with Crippen molar-refractivity contribution in [2.75, 3.05) is 6.61 Å². The summed E-state index contributed by atoms with van der Waals surface area (Å²) in [6, 6.07) is 0. The summed E-state index contributed by atoms with van der Waals surface area (Å²) < 4.78 is 174. The lowest BCUT2D eigenvalue weighted by Crippen LogP contribution is -2.70. The lowest BCUT2D eigenvalue weighted by molar-refractivity contribution is -0.460. The van der Waals surface area contributed by atoms with Gasteiger partial charge in [0.25, 0.3) is 0 Å². The third-order valence-electron chi connectivity index (χ3n) is 3.70. The second-order valence-electron chi connectivity index (χ2n) is 6.24. The molecule has 0 aliphatic carbocycles. The van der Waals surface area contributed by atoms with Gasteiger partial charge in [-0.05, 0) is 6.42 Å². The van der Waals surface area contributed by atoms with Gasteiger partial charge < -0.3 is 9.47 Å². The van der Waals surface area contributed by atoms with Crippen LogP contribution in [0, 0.1) is 0 Å². The molecule has 0 amide bonds. The third-order valence-corrected chi connectivity index (χ3v) is 3.70. The van der Waals surface area contributed by atoms with Gasteiger partial charge in [-0.2, -0.15) is 57.1 Å². The molecule has 0 fully saturated rings. The number of hydrogen-bond acceptors (Lipinski definition) is 4. The van der Waals surface area contributed by atoms with E-state index in [2.05, 4.69) is 9.47 Å². The Morgan fingerprint density at radius 2 is 1.09 bits per heavy atom. The Hall–Kier alpha value is -1.97. The molecule has 0 aromatic rings. The Bertz CT molecular complexity index is 658. The van der Waals surface area contributed by atoms with Crippen molar-refractivity contribution in [3.05, 3.63) is 0 Å². The molecule has 0 saturated heterocycles. The van der Waals surface area contributed by atoms with Crippen LogP contribution in [0.3, 0.4) is 0 Å². The van der Waals surface area contributed by atoms with E-state index < -0.39 is 54.3 Å². The van der Waals surface area contributed by atoms with Gasteiger partial charge in [0.1, 0.15) is 6.42 Å². The van der Waals surface area contributed by atoms with Crippen molar-refractivity contribution in [1.82, 2.24) is 0 Å². The first-order chi connectivity index (χ1) is 14.1. The molecule has 17 heteroatoms. The second-order valence-corrected chi connectivity index (χ2v) is 6.24. The van der Waals surface area contributed by atoms with Crippen LogP contribution in [0.15, 0.2) is 0 Å². The van der Waals surface area contributed by atoms with E-state index in [-0.39, 0.29) is 13.0 Å². The first-order valence-electron chi connectivity index (χ1n) is 8.43. The summed E-state index contributed by atoms with van der Waals surface area (Å²) in [5.74, 6) is -36.3. The summed E-state index contributed by atoms with van der Waals surface area (Å²) in [6.45, 7) is 1.43. The van der Waals surface area contributed by atoms with Gasteiger partial charge in [0, 0.05) is 0 Å². The molecular weight excluding hydrogens is 491 g/mol. The van der Waals surface area contributed by atoms with Crippen molar-refractivity contribution in [3.63, 3.8) is 0 Å². The van der Waals surface area contributed by atoms with Crippen LogP contribution in [0.25, 0.3) is 0 Å². The molecule has 190 valence electrons. The fraction of sp³-hybridized carbons (Fsp3) is 0.867. The summed E-state index contributed by atoms with van der Waals surface area (Å²) in [6.07, 6.45) is -14.3. The highest BCUT2D eigenvalue weighted by Crippen LogP contribution is 2.60. The minimum absolute atomic E-state index is 0.220. The van der Waals surface area contributed by atoms with E-state index in [1.54, 1.807) is 0 Å². The average Bonchev–Trinajstić information content (AvgIpc) is 2.59. The fourth-order valence-electron chi connectivity index (χ4n) is 1.88. The first-order valence-corrected chi connectivity index (χ1v) is 8.43. The quantitative estimate of drug-likeness (QED) is 0.147. The summed E-state index contributed by atoms with van der Waals surface area (Å²) >= 11 is 0. The van der Waals surface area contributed by atoms with Gasteiger partial charge in [-0.15, -0.1) is 0 Å². The van der Waals surface area contributed by atoms with E-state index in [1.807, 2.05) is 6.92 Å². The highest BCUT2D eigenvalue weighted by atomic mass is 19.4. The van der Waals surface area contributed by atoms with E-state index in [0.29, 0.717) is 12.8 Å². The SMILES string of the molecule is CCCCCCOC(=O)CC(=O)OC(F)(F)C(F)(F)C(F)(F)C(F)(F)C(F)(F)C(F)(F)F. The van der Waals surface area contributed by atoms with Crippen LogP contribution in [0.5, 0.6) is 0 Å². The van der Waals surface area contributed by atoms with Gasteiger partial charge >= 0.3 is 47.9 Å². The highest BCUT2D eigenvalue weighted by molar-refractivity contribution is 5.91. The molecule has 0 heterocycles. The minimum Gasteiger partial charge on any atom is -0.465 e. The molecule has 0 aromatic carbocycles. The molecule has 32 heavy (non-hydrogen) atoms. The fourth-order valence-corrected chi connectivity index (χ4v) is 1.88. The zero-order valence-electron chi connectivity index (χ0n) is 15.8. The van der Waals surface area contributed by atoms with Gasteiger partial charge in [0.15, 0.2) is 0 Å². The number of hydrogen-bond donors (Lipinski definition) is 0. The molecular formula is C15H15F13O4. The lowest BCUT2D eigenvalue weighted by atomic mass is 9.97. The molecule has 0 saturated carbocycles. The minimum atomic E-state index is -8.12. The Balaban J connectivity index is 5.46. The molecule has 0 aliphatic heterocycles. The Kier molecular flexibility index (Phi) is 9.28. The maximum absolute atomic E-state index is 13.3. The zero-order chi connectivity index (χ0) is 25.8. The van der Waals surface area contributed by atoms with Crippen LogP contribution in [-0.2, 0) is 19.1 Å². The Morgan fingerprint density at radius 1 is 0.625 bits per heavy atom. The molecule has 0 spiro atoms. The molecule has 0 radical (unpaired) electrons. The van der Waals surface area contributed by atoms with Crippen LogP contribution < -0.4 is 0 Å². The number of carbonyl (C=O) groups excluding carboxylic acids is 2. The first kappa shape index (κ1) is 30.0. The van der Waals surface area contributed by atoms with Crippen LogP contribution in [0.4, 0.5) is 57.1 Å². The average molecular weight is 506 g/mol. The third kappa shape index (κ3) is 5.88. The number of rotatable bonds is 12. The monoisotopic (exact) mass is 506 g/mol. The molecule has 0 unspecified atom stereocenters. The standard InChI is InChI=1S/C15H15F13O4/c1-2-3-4-5-6-31-8(29)7-9(30)32-15(27,28)13(22,23)11(18,19)10(16,17)12(20,21)14(24,25)26/h2-7H2,1H3. The van der Waals surface area contributed by atoms with E-state index in [4.69, 9.17) is 0 Å². The van der Waals surface area contributed by atoms with Crippen LogP contribution in [0.2, 0.25) is 0 Å². The maximum Gasteiger partial charge on any atom is 0.473 e. The molecule has 0 aliphatic rings. The number of halogens is 13. The van der Waals surface area contributed by atoms with E-state index in [0.717, 1.165) is 6.42 Å². The van der Waals surface area contributed by atoms with Crippen molar-refractivity contribution in [3.8, 4) is 0 Å². The van der Waals surface area contributed by atoms with Crippen molar-refractivity contribution in [1.29, 1.82) is 0 Å². The molecule has 0 rings (SSSR count).